The van der Waals surface area contributed by atoms with Crippen molar-refractivity contribution < 1.29 is 14.6 Å². The molecule has 0 radical (unpaired) electrons. The number of benzene rings is 2. The molecule has 19 heavy (non-hydrogen) atoms. The minimum absolute atomic E-state index is 0.224. The van der Waals surface area contributed by atoms with Gasteiger partial charge in [-0.25, -0.2) is 0 Å². The van der Waals surface area contributed by atoms with Gasteiger partial charge in [-0.3, -0.25) is 4.79 Å². The molecule has 2 aromatic rings. The summed E-state index contributed by atoms with van der Waals surface area (Å²) in [4.78, 5) is 11.7. The summed E-state index contributed by atoms with van der Waals surface area (Å²) in [6.45, 7) is 1.82. The van der Waals surface area contributed by atoms with Crippen LogP contribution in [0.4, 0.5) is 0 Å². The highest BCUT2D eigenvalue weighted by Gasteiger charge is 2.19. The Bertz CT molecular complexity index is 573. The summed E-state index contributed by atoms with van der Waals surface area (Å²) >= 11 is 0. The van der Waals surface area contributed by atoms with Crippen LogP contribution in [0.1, 0.15) is 18.4 Å². The van der Waals surface area contributed by atoms with Crippen molar-refractivity contribution in [2.45, 2.75) is 12.8 Å². The van der Waals surface area contributed by atoms with E-state index in [1.54, 1.807) is 12.1 Å². The van der Waals surface area contributed by atoms with Crippen LogP contribution in [0.25, 0.3) is 11.1 Å². The molecule has 0 aliphatic rings. The molecule has 2 rings (SSSR count). The molecule has 0 saturated heterocycles. The monoisotopic (exact) mass is 256 g/mol. The number of carbonyl (C=O) groups is 1. The van der Waals surface area contributed by atoms with Crippen molar-refractivity contribution in [3.05, 3.63) is 54.1 Å². The fourth-order valence-corrected chi connectivity index (χ4v) is 2.08. The van der Waals surface area contributed by atoms with Gasteiger partial charge in [0, 0.05) is 0 Å². The SMILES string of the molecule is COC(=O)C(C)c1ccccc1-c1ccc(O)cc1. The van der Waals surface area contributed by atoms with Gasteiger partial charge in [-0.05, 0) is 35.7 Å². The van der Waals surface area contributed by atoms with E-state index in [1.807, 2.05) is 43.3 Å². The van der Waals surface area contributed by atoms with E-state index in [0.29, 0.717) is 0 Å². The van der Waals surface area contributed by atoms with Crippen molar-refractivity contribution in [1.82, 2.24) is 0 Å². The molecule has 98 valence electrons. The van der Waals surface area contributed by atoms with Gasteiger partial charge in [-0.15, -0.1) is 0 Å². The third-order valence-corrected chi connectivity index (χ3v) is 3.16. The first-order chi connectivity index (χ1) is 9.13. The number of esters is 1. The molecule has 0 saturated carbocycles. The lowest BCUT2D eigenvalue weighted by Gasteiger charge is -2.14. The molecule has 2 aromatic carbocycles. The minimum atomic E-state index is -0.324. The molecule has 3 nitrogen and oxygen atoms in total. The molecule has 0 aromatic heterocycles. The van der Waals surface area contributed by atoms with E-state index in [-0.39, 0.29) is 17.6 Å². The van der Waals surface area contributed by atoms with Crippen LogP contribution in [0.3, 0.4) is 0 Å². The van der Waals surface area contributed by atoms with E-state index in [0.717, 1.165) is 16.7 Å². The van der Waals surface area contributed by atoms with Crippen LogP contribution >= 0.6 is 0 Å². The van der Waals surface area contributed by atoms with Crippen LogP contribution in [0, 0.1) is 0 Å². The summed E-state index contributed by atoms with van der Waals surface area (Å²) in [6, 6.07) is 14.6. The van der Waals surface area contributed by atoms with E-state index < -0.39 is 0 Å². The summed E-state index contributed by atoms with van der Waals surface area (Å²) in [5.41, 5.74) is 2.85. The molecule has 1 unspecified atom stereocenters. The van der Waals surface area contributed by atoms with E-state index in [1.165, 1.54) is 7.11 Å². The van der Waals surface area contributed by atoms with E-state index in [2.05, 4.69) is 0 Å². The molecule has 0 amide bonds. The number of methoxy groups -OCH3 is 1. The number of hydrogen-bond acceptors (Lipinski definition) is 3. The number of rotatable bonds is 3. The van der Waals surface area contributed by atoms with Gasteiger partial charge in [0.1, 0.15) is 5.75 Å². The maximum absolute atomic E-state index is 11.7. The molecule has 0 aliphatic carbocycles. The highest BCUT2D eigenvalue weighted by molar-refractivity contribution is 5.82. The minimum Gasteiger partial charge on any atom is -0.508 e. The smallest absolute Gasteiger partial charge is 0.312 e. The summed E-state index contributed by atoms with van der Waals surface area (Å²) < 4.78 is 4.80. The van der Waals surface area contributed by atoms with Gasteiger partial charge in [-0.1, -0.05) is 36.4 Å². The topological polar surface area (TPSA) is 46.5 Å². The Morgan fingerprint density at radius 3 is 2.37 bits per heavy atom. The molecule has 0 heterocycles. The normalized spacial score (nSPS) is 11.9. The first-order valence-corrected chi connectivity index (χ1v) is 6.09. The summed E-state index contributed by atoms with van der Waals surface area (Å²) in [5.74, 6) is -0.358. The second-order valence-corrected chi connectivity index (χ2v) is 4.38. The Morgan fingerprint density at radius 2 is 1.74 bits per heavy atom. The Balaban J connectivity index is 2.46. The van der Waals surface area contributed by atoms with Crippen LogP contribution in [0.5, 0.6) is 5.75 Å². The zero-order valence-electron chi connectivity index (χ0n) is 11.0. The van der Waals surface area contributed by atoms with Crippen LogP contribution in [-0.2, 0) is 9.53 Å². The molecule has 1 atom stereocenters. The lowest BCUT2D eigenvalue weighted by atomic mass is 9.91. The Kier molecular flexibility index (Phi) is 3.85. The lowest BCUT2D eigenvalue weighted by molar-refractivity contribution is -0.141. The van der Waals surface area contributed by atoms with Gasteiger partial charge >= 0.3 is 5.97 Å². The van der Waals surface area contributed by atoms with Gasteiger partial charge in [0.05, 0.1) is 13.0 Å². The predicted octanol–water partition coefficient (Wildman–Crippen LogP) is 3.34. The molecule has 1 N–H and O–H groups in total. The van der Waals surface area contributed by atoms with Gasteiger partial charge in [-0.2, -0.15) is 0 Å². The van der Waals surface area contributed by atoms with Gasteiger partial charge in [0.15, 0.2) is 0 Å². The van der Waals surface area contributed by atoms with Crippen molar-refractivity contribution in [3.63, 3.8) is 0 Å². The average molecular weight is 256 g/mol. The van der Waals surface area contributed by atoms with Gasteiger partial charge in [0.2, 0.25) is 0 Å². The molecule has 0 bridgehead atoms. The summed E-state index contributed by atoms with van der Waals surface area (Å²) in [5, 5.41) is 9.33. The van der Waals surface area contributed by atoms with Crippen molar-refractivity contribution in [2.24, 2.45) is 0 Å². The van der Waals surface area contributed by atoms with Crippen molar-refractivity contribution in [3.8, 4) is 16.9 Å². The molecular formula is C16H16O3. The number of aromatic hydroxyl groups is 1. The fraction of sp³-hybridized carbons (Fsp3) is 0.188. The Morgan fingerprint density at radius 1 is 1.11 bits per heavy atom. The Hall–Kier alpha value is -2.29. The Labute approximate surface area is 112 Å². The van der Waals surface area contributed by atoms with Crippen molar-refractivity contribution >= 4 is 5.97 Å². The van der Waals surface area contributed by atoms with E-state index in [4.69, 9.17) is 4.74 Å². The first-order valence-electron chi connectivity index (χ1n) is 6.09. The molecule has 3 heteroatoms. The summed E-state index contributed by atoms with van der Waals surface area (Å²) in [6.07, 6.45) is 0. The zero-order chi connectivity index (χ0) is 13.8. The number of carbonyl (C=O) groups excluding carboxylic acids is 1. The largest absolute Gasteiger partial charge is 0.508 e. The van der Waals surface area contributed by atoms with Crippen molar-refractivity contribution in [2.75, 3.05) is 7.11 Å². The highest BCUT2D eigenvalue weighted by Crippen LogP contribution is 2.30. The summed E-state index contributed by atoms with van der Waals surface area (Å²) in [7, 11) is 1.39. The quantitative estimate of drug-likeness (QED) is 0.857. The first kappa shape index (κ1) is 13.1. The average Bonchev–Trinajstić information content (AvgIpc) is 2.46. The highest BCUT2D eigenvalue weighted by atomic mass is 16.5. The third kappa shape index (κ3) is 2.76. The van der Waals surface area contributed by atoms with Crippen LogP contribution < -0.4 is 0 Å². The third-order valence-electron chi connectivity index (χ3n) is 3.16. The molecule has 0 spiro atoms. The standard InChI is InChI=1S/C16H16O3/c1-11(16(18)19-2)14-5-3-4-6-15(14)12-7-9-13(17)10-8-12/h3-11,17H,1-2H3. The molecule has 0 fully saturated rings. The van der Waals surface area contributed by atoms with E-state index >= 15 is 0 Å². The van der Waals surface area contributed by atoms with Crippen LogP contribution in [0.2, 0.25) is 0 Å². The number of phenolic OH excluding ortho intramolecular Hbond substituents is 1. The maximum Gasteiger partial charge on any atom is 0.312 e. The molecular weight excluding hydrogens is 240 g/mol. The number of hydrogen-bond donors (Lipinski definition) is 1. The predicted molar refractivity (Wildman–Crippen MR) is 74.0 cm³/mol. The molecule has 0 aliphatic heterocycles. The fourth-order valence-electron chi connectivity index (χ4n) is 2.08. The lowest BCUT2D eigenvalue weighted by Crippen LogP contribution is -2.11. The van der Waals surface area contributed by atoms with Gasteiger partial charge < -0.3 is 9.84 Å². The number of ether oxygens (including phenoxy) is 1. The van der Waals surface area contributed by atoms with Crippen LogP contribution in [0.15, 0.2) is 48.5 Å². The zero-order valence-corrected chi connectivity index (χ0v) is 11.0. The maximum atomic E-state index is 11.7. The van der Waals surface area contributed by atoms with Crippen LogP contribution in [-0.4, -0.2) is 18.2 Å². The second kappa shape index (κ2) is 5.57. The van der Waals surface area contributed by atoms with Crippen molar-refractivity contribution in [1.29, 1.82) is 0 Å². The van der Waals surface area contributed by atoms with E-state index in [9.17, 15) is 9.90 Å². The number of phenols is 1. The second-order valence-electron chi connectivity index (χ2n) is 4.38. The van der Waals surface area contributed by atoms with Gasteiger partial charge in [0.25, 0.3) is 0 Å².